The van der Waals surface area contributed by atoms with Crippen molar-refractivity contribution in [2.45, 2.75) is 6.92 Å². The van der Waals surface area contributed by atoms with Crippen molar-refractivity contribution >= 4 is 17.6 Å². The molecule has 2 rings (SSSR count). The van der Waals surface area contributed by atoms with Gasteiger partial charge in [0, 0.05) is 5.70 Å². The van der Waals surface area contributed by atoms with Crippen LogP contribution in [-0.2, 0) is 0 Å². The van der Waals surface area contributed by atoms with Gasteiger partial charge in [-0.2, -0.15) is 0 Å². The number of nitrogens with zero attached hydrogens (tertiary/aromatic N) is 1. The van der Waals surface area contributed by atoms with Crippen LogP contribution in [-0.4, -0.2) is 6.21 Å². The van der Waals surface area contributed by atoms with Gasteiger partial charge in [0.1, 0.15) is 0 Å². The van der Waals surface area contributed by atoms with Gasteiger partial charge < -0.3 is 5.32 Å². The molecule has 0 saturated heterocycles. The molecule has 0 aliphatic carbocycles. The molecule has 0 aromatic heterocycles. The third kappa shape index (κ3) is 1.01. The van der Waals surface area contributed by atoms with Crippen molar-refractivity contribution in [3.8, 4) is 0 Å². The zero-order chi connectivity index (χ0) is 8.55. The summed E-state index contributed by atoms with van der Waals surface area (Å²) in [5.41, 5.74) is 4.11. The molecular weight excluding hydrogens is 148 g/mol. The second kappa shape index (κ2) is 2.48. The molecule has 1 heterocycles. The number of allylic oxidation sites excluding steroid dienone is 1. The van der Waals surface area contributed by atoms with E-state index >= 15 is 0 Å². The lowest BCUT2D eigenvalue weighted by atomic mass is 10.1. The van der Waals surface area contributed by atoms with Gasteiger partial charge in [0.2, 0.25) is 0 Å². The zero-order valence-corrected chi connectivity index (χ0v) is 6.96. The van der Waals surface area contributed by atoms with Gasteiger partial charge in [0.15, 0.2) is 0 Å². The minimum Gasteiger partial charge on any atom is -0.353 e. The highest BCUT2D eigenvalue weighted by atomic mass is 15.0. The fraction of sp³-hybridized carbons (Fsp3) is 0.100. The van der Waals surface area contributed by atoms with Crippen molar-refractivity contribution in [3.63, 3.8) is 0 Å². The number of aryl methyl sites for hydroxylation is 1. The zero-order valence-electron chi connectivity index (χ0n) is 6.96. The number of nitrogens with one attached hydrogen (secondary N) is 1. The van der Waals surface area contributed by atoms with Crippen LogP contribution in [0.5, 0.6) is 0 Å². The van der Waals surface area contributed by atoms with E-state index in [0.29, 0.717) is 0 Å². The minimum absolute atomic E-state index is 0.844. The van der Waals surface area contributed by atoms with Crippen LogP contribution in [0.25, 0.3) is 0 Å². The topological polar surface area (TPSA) is 24.4 Å². The van der Waals surface area contributed by atoms with Crippen LogP contribution < -0.4 is 5.32 Å². The first-order chi connectivity index (χ1) is 5.77. The van der Waals surface area contributed by atoms with Crippen molar-refractivity contribution in [1.82, 2.24) is 0 Å². The maximum Gasteiger partial charge on any atom is 0.0868 e. The molecule has 1 aliphatic heterocycles. The quantitative estimate of drug-likeness (QED) is 0.616. The highest BCUT2D eigenvalue weighted by molar-refractivity contribution is 5.92. The van der Waals surface area contributed by atoms with Gasteiger partial charge in [-0.15, -0.1) is 0 Å². The molecule has 1 aromatic carbocycles. The highest BCUT2D eigenvalue weighted by Gasteiger charge is 2.07. The highest BCUT2D eigenvalue weighted by Crippen LogP contribution is 2.31. The smallest absolute Gasteiger partial charge is 0.0868 e. The number of hydrogen-bond acceptors (Lipinski definition) is 2. The molecule has 0 atom stereocenters. The lowest BCUT2D eigenvalue weighted by Gasteiger charge is -2.15. The molecule has 60 valence electrons. The van der Waals surface area contributed by atoms with Gasteiger partial charge in [-0.1, -0.05) is 18.7 Å². The first-order valence-electron chi connectivity index (χ1n) is 3.87. The van der Waals surface area contributed by atoms with E-state index < -0.39 is 0 Å². The molecule has 12 heavy (non-hydrogen) atoms. The lowest BCUT2D eigenvalue weighted by molar-refractivity contribution is 1.36. The van der Waals surface area contributed by atoms with E-state index in [9.17, 15) is 0 Å². The molecule has 2 nitrogen and oxygen atoms in total. The molecule has 0 radical (unpaired) electrons. The first kappa shape index (κ1) is 7.10. The summed E-state index contributed by atoms with van der Waals surface area (Å²) in [6.45, 7) is 5.85. The number of para-hydroxylation sites is 1. The van der Waals surface area contributed by atoms with Crippen LogP contribution in [0, 0.1) is 6.92 Å². The first-order valence-corrected chi connectivity index (χ1v) is 3.87. The Labute approximate surface area is 71.6 Å². The maximum atomic E-state index is 4.25. The second-order valence-corrected chi connectivity index (χ2v) is 2.88. The number of hydrogen-bond donors (Lipinski definition) is 1. The van der Waals surface area contributed by atoms with Gasteiger partial charge >= 0.3 is 0 Å². The van der Waals surface area contributed by atoms with Crippen LogP contribution in [0.3, 0.4) is 0 Å². The van der Waals surface area contributed by atoms with E-state index in [2.05, 4.69) is 29.9 Å². The van der Waals surface area contributed by atoms with Crippen LogP contribution in [0.15, 0.2) is 35.5 Å². The Bertz CT molecular complexity index is 364. The number of fused-ring (bicyclic) bond motifs is 1. The molecule has 1 N–H and O–H groups in total. The largest absolute Gasteiger partial charge is 0.353 e. The van der Waals surface area contributed by atoms with E-state index in [1.165, 1.54) is 5.56 Å². The van der Waals surface area contributed by atoms with E-state index in [-0.39, 0.29) is 0 Å². The minimum atomic E-state index is 0.844. The molecule has 0 bridgehead atoms. The third-order valence-electron chi connectivity index (χ3n) is 1.90. The van der Waals surface area contributed by atoms with E-state index in [4.69, 9.17) is 0 Å². The SMILES string of the molecule is C=C1C=Nc2cccc(C)c2N1. The van der Waals surface area contributed by atoms with Crippen molar-refractivity contribution in [1.29, 1.82) is 0 Å². The summed E-state index contributed by atoms with van der Waals surface area (Å²) < 4.78 is 0. The van der Waals surface area contributed by atoms with Crippen molar-refractivity contribution in [2.75, 3.05) is 5.32 Å². The van der Waals surface area contributed by atoms with Crippen molar-refractivity contribution in [2.24, 2.45) is 4.99 Å². The van der Waals surface area contributed by atoms with Gasteiger partial charge in [-0.3, -0.25) is 4.99 Å². The van der Waals surface area contributed by atoms with Crippen LogP contribution in [0.1, 0.15) is 5.56 Å². The summed E-state index contributed by atoms with van der Waals surface area (Å²) in [6, 6.07) is 6.04. The summed E-state index contributed by atoms with van der Waals surface area (Å²) >= 11 is 0. The molecule has 0 saturated carbocycles. The molecule has 1 aliphatic rings. The fourth-order valence-corrected chi connectivity index (χ4v) is 1.26. The number of anilines is 1. The molecule has 2 heteroatoms. The van der Waals surface area contributed by atoms with Crippen LogP contribution in [0.2, 0.25) is 0 Å². The van der Waals surface area contributed by atoms with Gasteiger partial charge in [-0.25, -0.2) is 0 Å². The summed E-state index contributed by atoms with van der Waals surface area (Å²) in [7, 11) is 0. The van der Waals surface area contributed by atoms with Gasteiger partial charge in [-0.05, 0) is 18.6 Å². The number of rotatable bonds is 0. The molecule has 0 spiro atoms. The Kier molecular flexibility index (Phi) is 1.47. The Balaban J connectivity index is 2.60. The summed E-state index contributed by atoms with van der Waals surface area (Å²) in [5, 5.41) is 3.18. The number of benzene rings is 1. The molecule has 0 unspecified atom stereocenters. The average molecular weight is 158 g/mol. The standard InChI is InChI=1S/C10H10N2/c1-7-4-3-5-9-10(7)12-8(2)6-11-9/h3-6,12H,2H2,1H3. The van der Waals surface area contributed by atoms with Crippen LogP contribution >= 0.6 is 0 Å². The second-order valence-electron chi connectivity index (χ2n) is 2.88. The predicted octanol–water partition coefficient (Wildman–Crippen LogP) is 2.64. The number of aliphatic imine (C=N–C) groups is 1. The molecule has 0 amide bonds. The van der Waals surface area contributed by atoms with Crippen molar-refractivity contribution in [3.05, 3.63) is 36.0 Å². The van der Waals surface area contributed by atoms with Crippen molar-refractivity contribution < 1.29 is 0 Å². The maximum absolute atomic E-state index is 4.25. The average Bonchev–Trinajstić information content (AvgIpc) is 2.07. The predicted molar refractivity (Wildman–Crippen MR) is 52.1 cm³/mol. The molecular formula is C10H10N2. The van der Waals surface area contributed by atoms with Gasteiger partial charge in [0.25, 0.3) is 0 Å². The summed E-state index contributed by atoms with van der Waals surface area (Å²) in [5.74, 6) is 0. The Morgan fingerprint density at radius 3 is 3.08 bits per heavy atom. The van der Waals surface area contributed by atoms with E-state index in [1.807, 2.05) is 12.1 Å². The molecule has 0 fully saturated rings. The summed E-state index contributed by atoms with van der Waals surface area (Å²) in [6.07, 6.45) is 1.74. The van der Waals surface area contributed by atoms with Gasteiger partial charge in [0.05, 0.1) is 17.6 Å². The monoisotopic (exact) mass is 158 g/mol. The van der Waals surface area contributed by atoms with E-state index in [1.54, 1.807) is 6.21 Å². The van der Waals surface area contributed by atoms with E-state index in [0.717, 1.165) is 17.1 Å². The summed E-state index contributed by atoms with van der Waals surface area (Å²) in [4.78, 5) is 4.25. The Morgan fingerprint density at radius 2 is 2.25 bits per heavy atom. The Morgan fingerprint density at radius 1 is 1.42 bits per heavy atom. The molecule has 1 aromatic rings. The lowest BCUT2D eigenvalue weighted by Crippen LogP contribution is -2.04. The van der Waals surface area contributed by atoms with Crippen LogP contribution in [0.4, 0.5) is 11.4 Å². The third-order valence-corrected chi connectivity index (χ3v) is 1.90. The normalized spacial score (nSPS) is 13.9. The fourth-order valence-electron chi connectivity index (χ4n) is 1.26. The Hall–Kier alpha value is -1.57.